The monoisotopic (exact) mass is 1330 g/mol. The van der Waals surface area contributed by atoms with Crippen LogP contribution in [0.3, 0.4) is 0 Å². The number of hydrogen-bond acceptors (Lipinski definition) is 18. The van der Waals surface area contributed by atoms with Gasteiger partial charge in [0.25, 0.3) is 27.8 Å². The molecule has 3 aliphatic rings. The molecule has 24 heteroatoms. The van der Waals surface area contributed by atoms with E-state index in [0.717, 1.165) is 84.7 Å². The van der Waals surface area contributed by atoms with Crippen molar-refractivity contribution in [2.24, 2.45) is 0 Å². The lowest BCUT2D eigenvalue weighted by Crippen LogP contribution is -2.49. The fourth-order valence-corrected chi connectivity index (χ4v) is 12.7. The molecule has 474 valence electrons. The fraction of sp³-hybridized carbons (Fsp3) is 0.214. The topological polar surface area (TPSA) is 256 Å². The average Bonchev–Trinajstić information content (AvgIpc) is 1.05. The van der Waals surface area contributed by atoms with Crippen molar-refractivity contribution in [3.8, 4) is 18.2 Å². The first-order valence-electron chi connectivity index (χ1n) is 30.2. The third kappa shape index (κ3) is 16.0. The summed E-state index contributed by atoms with van der Waals surface area (Å²) in [6.07, 6.45) is 4.96. The van der Waals surface area contributed by atoms with Crippen LogP contribution in [0.1, 0.15) is 52.7 Å². The molecule has 3 fully saturated rings. The minimum Gasteiger partial charge on any atom is -0.367 e. The van der Waals surface area contributed by atoms with E-state index in [4.69, 9.17) is 23.2 Å². The van der Waals surface area contributed by atoms with Gasteiger partial charge in [0.2, 0.25) is 0 Å². The lowest BCUT2D eigenvalue weighted by Gasteiger charge is -2.36. The number of nitrogens with zero attached hydrogens (tertiary/aromatic N) is 12. The van der Waals surface area contributed by atoms with E-state index in [9.17, 15) is 39.8 Å². The van der Waals surface area contributed by atoms with E-state index < -0.39 is 5.56 Å². The first-order valence-corrected chi connectivity index (χ1v) is 32.7. The molecule has 11 aromatic rings. The zero-order valence-corrected chi connectivity index (χ0v) is 54.1. The number of carbonyl (C=O) groups excluding carboxylic acids is 2. The Morgan fingerprint density at radius 3 is 1.19 bits per heavy atom. The molecule has 0 radical (unpaired) electrons. The van der Waals surface area contributed by atoms with Gasteiger partial charge in [0.1, 0.15) is 51.8 Å². The normalized spacial score (nSPS) is 13.5. The van der Waals surface area contributed by atoms with Crippen molar-refractivity contribution in [1.82, 2.24) is 49.5 Å². The maximum absolute atomic E-state index is 13.4. The van der Waals surface area contributed by atoms with E-state index in [1.807, 2.05) is 154 Å². The molecule has 3 aromatic carbocycles. The van der Waals surface area contributed by atoms with E-state index in [2.05, 4.69) is 47.9 Å². The molecule has 94 heavy (non-hydrogen) atoms. The highest BCUT2D eigenvalue weighted by Crippen LogP contribution is 2.31. The number of piperazine rings is 3. The molecule has 0 atom stereocenters. The number of carbonyl (C=O) groups is 2. The number of fused-ring (bicyclic) bond motifs is 3. The minimum atomic E-state index is -0.419. The van der Waals surface area contributed by atoms with Crippen LogP contribution in [-0.2, 0) is 19.6 Å². The summed E-state index contributed by atoms with van der Waals surface area (Å²) in [5.41, 5.74) is 5.11. The van der Waals surface area contributed by atoms with Gasteiger partial charge in [-0.3, -0.25) is 37.7 Å². The fourth-order valence-electron chi connectivity index (χ4n) is 11.0. The number of benzene rings is 3. The van der Waals surface area contributed by atoms with Gasteiger partial charge in [-0.2, -0.15) is 15.8 Å². The molecule has 3 aliphatic heterocycles. The summed E-state index contributed by atoms with van der Waals surface area (Å²) in [4.78, 5) is 82.6. The highest BCUT2D eigenvalue weighted by atomic mass is 35.5. The van der Waals surface area contributed by atoms with E-state index in [0.29, 0.717) is 84.4 Å². The molecule has 8 aromatic heterocycles. The number of amides is 1. The molecule has 0 saturated carbocycles. The summed E-state index contributed by atoms with van der Waals surface area (Å²) in [6.45, 7) is 11.0. The quantitative estimate of drug-likeness (QED) is 0.108. The Labute approximate surface area is 559 Å². The molecule has 3 N–H and O–H groups in total. The van der Waals surface area contributed by atoms with Crippen molar-refractivity contribution in [2.45, 2.75) is 19.6 Å². The summed E-state index contributed by atoms with van der Waals surface area (Å²) in [6, 6.07) is 53.4. The second-order valence-electron chi connectivity index (χ2n) is 21.5. The van der Waals surface area contributed by atoms with Crippen LogP contribution in [0, 0.1) is 34.0 Å². The Morgan fingerprint density at radius 2 is 0.819 bits per heavy atom. The van der Waals surface area contributed by atoms with E-state index in [-0.39, 0.29) is 44.0 Å². The molecule has 0 bridgehead atoms. The Balaban J connectivity index is 0.000000141. The van der Waals surface area contributed by atoms with Crippen LogP contribution < -0.4 is 42.4 Å². The zero-order valence-electron chi connectivity index (χ0n) is 50.9. The molecular formula is C70H63Cl2N15O5S2. The standard InChI is InChI=1S/C25H21N5O2S.C20H19N5O.C16H10ClN3O.C5H3ClOS.C4H10N2/c26-16-20-22(28-11-13-29(14-12-28)25(32)21-9-5-15-33-21)19-8-4-10-27-23(19)30(24(20)31)17-18-6-2-1-3-7-18;21-13-17-18(24-11-9-22-10-12-24)16-7-4-8-23-19(16)25(20(17)26)14-15-5-2-1-3-6-15;17-14-12-7-4-8-19-15(12)20(16(21)13(14)9-18)10-11-5-2-1-3-6-11;6-5(7)4-2-1-3-8-4;1-2-6-4-3-5-1/h1-10,15H,11-14,17H2;1-8,22H,9-12,14H2;1-8H,10H2;1-3H;5-6H,1-4H2. The molecule has 20 nitrogen and oxygen atoms in total. The minimum absolute atomic E-state index is 0.0231. The number of nitriles is 3. The van der Waals surface area contributed by atoms with Crippen LogP contribution in [0.15, 0.2) is 195 Å². The number of nitrogens with one attached hydrogen (secondary N) is 3. The van der Waals surface area contributed by atoms with E-state index >= 15 is 0 Å². The maximum atomic E-state index is 13.4. The van der Waals surface area contributed by atoms with Crippen LogP contribution in [0.2, 0.25) is 5.02 Å². The summed E-state index contributed by atoms with van der Waals surface area (Å²) in [5.74, 6) is 0.0231. The van der Waals surface area contributed by atoms with Crippen LogP contribution in [0.4, 0.5) is 11.4 Å². The molecule has 0 spiro atoms. The molecule has 11 heterocycles. The summed E-state index contributed by atoms with van der Waals surface area (Å²) < 4.78 is 4.66. The largest absolute Gasteiger partial charge is 0.367 e. The van der Waals surface area contributed by atoms with E-state index in [1.54, 1.807) is 52.0 Å². The van der Waals surface area contributed by atoms with Crippen molar-refractivity contribution in [2.75, 3.05) is 88.3 Å². The first kappa shape index (κ1) is 66.7. The Hall–Kier alpha value is -10.2. The molecular weight excluding hydrogens is 1270 g/mol. The second-order valence-corrected chi connectivity index (χ2v) is 24.1. The Morgan fingerprint density at radius 1 is 0.447 bits per heavy atom. The summed E-state index contributed by atoms with van der Waals surface area (Å²) in [5, 5.41) is 44.4. The number of halogens is 2. The van der Waals surface area contributed by atoms with Gasteiger partial charge in [0.15, 0.2) is 0 Å². The van der Waals surface area contributed by atoms with Gasteiger partial charge in [-0.1, -0.05) is 115 Å². The second kappa shape index (κ2) is 32.9. The Kier molecular flexibility index (Phi) is 23.3. The lowest BCUT2D eigenvalue weighted by atomic mass is 10.1. The Bertz CT molecular complexity index is 4720. The van der Waals surface area contributed by atoms with E-state index in [1.165, 1.54) is 27.2 Å². The summed E-state index contributed by atoms with van der Waals surface area (Å²) in [7, 11) is 0. The van der Waals surface area contributed by atoms with Crippen molar-refractivity contribution in [3.05, 3.63) is 260 Å². The lowest BCUT2D eigenvalue weighted by molar-refractivity contribution is 0.0751. The van der Waals surface area contributed by atoms with Gasteiger partial charge in [-0.25, -0.2) is 15.0 Å². The van der Waals surface area contributed by atoms with Gasteiger partial charge in [0.05, 0.1) is 45.8 Å². The van der Waals surface area contributed by atoms with Crippen LogP contribution in [-0.4, -0.2) is 123 Å². The number of pyridine rings is 6. The van der Waals surface area contributed by atoms with Gasteiger partial charge in [-0.15, -0.1) is 22.7 Å². The maximum Gasteiger partial charge on any atom is 0.272 e. The molecule has 0 aliphatic carbocycles. The highest BCUT2D eigenvalue weighted by molar-refractivity contribution is 7.14. The predicted molar refractivity (Wildman–Crippen MR) is 372 cm³/mol. The smallest absolute Gasteiger partial charge is 0.272 e. The third-order valence-corrected chi connectivity index (χ3v) is 18.0. The summed E-state index contributed by atoms with van der Waals surface area (Å²) >= 11 is 14.0. The van der Waals surface area contributed by atoms with Gasteiger partial charge in [-0.05, 0) is 87.6 Å². The third-order valence-electron chi connectivity index (χ3n) is 15.6. The number of aromatic nitrogens is 6. The SMILES string of the molecule is C1CNCCN1.N#Cc1c(Cl)c2cccnc2n(Cc2ccccc2)c1=O.N#Cc1c(N2CCN(C(=O)c3cccs3)CC2)c2cccnc2n(Cc2ccccc2)c1=O.N#Cc1c(N2CCNCC2)c2cccnc2n(Cc2ccccc2)c1=O.O=C(Cl)c1cccs1. The molecule has 14 rings (SSSR count). The number of hydrogen-bond donors (Lipinski definition) is 3. The first-order chi connectivity index (χ1) is 46.0. The molecule has 0 unspecified atom stereocenters. The zero-order chi connectivity index (χ0) is 65.8. The highest BCUT2D eigenvalue weighted by Gasteiger charge is 2.29. The van der Waals surface area contributed by atoms with Crippen molar-refractivity contribution < 1.29 is 9.59 Å². The van der Waals surface area contributed by atoms with Crippen LogP contribution in [0.5, 0.6) is 0 Å². The van der Waals surface area contributed by atoms with Crippen molar-refractivity contribution in [3.63, 3.8) is 0 Å². The predicted octanol–water partition coefficient (Wildman–Crippen LogP) is 9.34. The average molecular weight is 1330 g/mol. The van der Waals surface area contributed by atoms with Gasteiger partial charge in [0, 0.05) is 113 Å². The van der Waals surface area contributed by atoms with Crippen molar-refractivity contribution in [1.29, 1.82) is 15.8 Å². The molecule has 1 amide bonds. The molecule has 3 saturated heterocycles. The van der Waals surface area contributed by atoms with Gasteiger partial charge >= 0.3 is 0 Å². The van der Waals surface area contributed by atoms with Gasteiger partial charge < -0.3 is 30.7 Å². The van der Waals surface area contributed by atoms with Crippen LogP contribution >= 0.6 is 45.9 Å². The van der Waals surface area contributed by atoms with Crippen LogP contribution in [0.25, 0.3) is 33.1 Å². The number of anilines is 2. The number of thiophene rings is 2. The van der Waals surface area contributed by atoms with Crippen molar-refractivity contribution >= 4 is 102 Å². The number of rotatable bonds is 10.